The number of amidine groups is 1. The predicted molar refractivity (Wildman–Crippen MR) is 64.1 cm³/mol. The highest BCUT2D eigenvalue weighted by molar-refractivity contribution is 8.10. The minimum absolute atomic E-state index is 0.0256. The van der Waals surface area contributed by atoms with Crippen LogP contribution in [-0.2, 0) is 16.6 Å². The molecule has 2 rings (SSSR count). The van der Waals surface area contributed by atoms with Crippen molar-refractivity contribution in [2.45, 2.75) is 5.75 Å². The second-order valence-electron chi connectivity index (χ2n) is 2.84. The Balaban J connectivity index is 2.01. The van der Waals surface area contributed by atoms with Gasteiger partial charge in [0.1, 0.15) is 5.75 Å². The molecule has 0 saturated heterocycles. The van der Waals surface area contributed by atoms with Crippen molar-refractivity contribution in [2.75, 3.05) is 12.3 Å². The molecule has 1 aliphatic heterocycles. The molecule has 15 heavy (non-hydrogen) atoms. The number of thiazole rings is 1. The molecule has 2 heterocycles. The van der Waals surface area contributed by atoms with Crippen molar-refractivity contribution in [3.63, 3.8) is 0 Å². The summed E-state index contributed by atoms with van der Waals surface area (Å²) in [6.45, 7) is 0.805. The fraction of sp³-hybridized carbons (Fsp3) is 0.375. The van der Waals surface area contributed by atoms with Crippen molar-refractivity contribution >= 4 is 39.0 Å². The Kier molecular flexibility index (Phi) is 3.46. The smallest absolute Gasteiger partial charge is 0.236 e. The number of nitrogens with one attached hydrogen (secondary N) is 1. The average Bonchev–Trinajstić information content (AvgIpc) is 2.78. The molecule has 0 bridgehead atoms. The summed E-state index contributed by atoms with van der Waals surface area (Å²) in [5.41, 5.74) is 0. The van der Waals surface area contributed by atoms with Crippen LogP contribution in [0.3, 0.4) is 0 Å². The first-order valence-corrected chi connectivity index (χ1v) is 7.02. The van der Waals surface area contributed by atoms with Crippen LogP contribution in [0, 0.1) is 11.5 Å². The largest absolute Gasteiger partial charge is 0.327 e. The molecule has 0 radical (unpaired) electrons. The van der Waals surface area contributed by atoms with Gasteiger partial charge >= 0.3 is 5.17 Å². The SMILES string of the molecule is N#CNC1=NCC[S+]1Cc1cnc(Cl)s1. The third-order valence-corrected chi connectivity index (χ3v) is 5.28. The van der Waals surface area contributed by atoms with E-state index in [-0.39, 0.29) is 10.9 Å². The summed E-state index contributed by atoms with van der Waals surface area (Å²) in [6, 6.07) is 0. The van der Waals surface area contributed by atoms with Crippen LogP contribution in [0.4, 0.5) is 0 Å². The summed E-state index contributed by atoms with van der Waals surface area (Å²) in [6.07, 6.45) is 3.71. The van der Waals surface area contributed by atoms with Crippen LogP contribution >= 0.6 is 22.9 Å². The minimum Gasteiger partial charge on any atom is -0.236 e. The summed E-state index contributed by atoms with van der Waals surface area (Å²) >= 11 is 7.25. The van der Waals surface area contributed by atoms with Gasteiger partial charge in [0.2, 0.25) is 0 Å². The monoisotopic (exact) mass is 259 g/mol. The van der Waals surface area contributed by atoms with Gasteiger partial charge in [-0.05, 0) is 0 Å². The molecule has 78 valence electrons. The first-order chi connectivity index (χ1) is 7.29. The zero-order chi connectivity index (χ0) is 10.7. The van der Waals surface area contributed by atoms with E-state index in [1.165, 1.54) is 11.3 Å². The van der Waals surface area contributed by atoms with Gasteiger partial charge in [-0.15, -0.1) is 11.3 Å². The Morgan fingerprint density at radius 3 is 3.27 bits per heavy atom. The number of hydrogen-bond donors (Lipinski definition) is 1. The second-order valence-corrected chi connectivity index (χ2v) is 6.61. The molecule has 0 aliphatic carbocycles. The summed E-state index contributed by atoms with van der Waals surface area (Å²) in [5, 5.41) is 12.0. The van der Waals surface area contributed by atoms with Gasteiger partial charge in [-0.3, -0.25) is 0 Å². The van der Waals surface area contributed by atoms with E-state index in [0.29, 0.717) is 4.47 Å². The first kappa shape index (κ1) is 10.7. The predicted octanol–water partition coefficient (Wildman–Crippen LogP) is 1.36. The zero-order valence-corrected chi connectivity index (χ0v) is 10.1. The fourth-order valence-electron chi connectivity index (χ4n) is 1.27. The standard InChI is InChI=1S/C8H8ClN4S2/c9-7-12-3-6(14-7)4-15-2-1-11-8(15)13-5-10/h3H,1-2,4H2,(H,11,13)/q+1. The minimum atomic E-state index is 0.0256. The molecule has 1 aromatic heterocycles. The van der Waals surface area contributed by atoms with Gasteiger partial charge in [0.15, 0.2) is 16.4 Å². The summed E-state index contributed by atoms with van der Waals surface area (Å²) in [5.74, 6) is 1.90. The maximum atomic E-state index is 8.55. The van der Waals surface area contributed by atoms with Crippen molar-refractivity contribution in [1.82, 2.24) is 10.3 Å². The van der Waals surface area contributed by atoms with Gasteiger partial charge in [0.25, 0.3) is 0 Å². The molecule has 1 unspecified atom stereocenters. The van der Waals surface area contributed by atoms with Crippen molar-refractivity contribution in [1.29, 1.82) is 5.26 Å². The number of halogens is 1. The molecule has 7 heteroatoms. The summed E-state index contributed by atoms with van der Waals surface area (Å²) < 4.78 is 0.569. The van der Waals surface area contributed by atoms with Crippen molar-refractivity contribution in [2.24, 2.45) is 4.99 Å². The van der Waals surface area contributed by atoms with Crippen molar-refractivity contribution in [3.05, 3.63) is 15.5 Å². The van der Waals surface area contributed by atoms with E-state index in [2.05, 4.69) is 15.3 Å². The quantitative estimate of drug-likeness (QED) is 0.496. The van der Waals surface area contributed by atoms with E-state index >= 15 is 0 Å². The summed E-state index contributed by atoms with van der Waals surface area (Å²) in [7, 11) is 0.0256. The van der Waals surface area contributed by atoms with Crippen LogP contribution in [0.15, 0.2) is 11.2 Å². The normalized spacial score (nSPS) is 19.7. The number of nitriles is 1. The third kappa shape index (κ3) is 2.62. The van der Waals surface area contributed by atoms with Gasteiger partial charge in [-0.1, -0.05) is 11.6 Å². The molecule has 0 amide bonds. The first-order valence-electron chi connectivity index (χ1n) is 4.27. The zero-order valence-electron chi connectivity index (χ0n) is 7.73. The van der Waals surface area contributed by atoms with E-state index in [4.69, 9.17) is 16.9 Å². The number of aromatic nitrogens is 1. The van der Waals surface area contributed by atoms with E-state index in [0.717, 1.165) is 28.1 Å². The number of aliphatic imine (C=N–C) groups is 1. The molecular weight excluding hydrogens is 252 g/mol. The van der Waals surface area contributed by atoms with Crippen molar-refractivity contribution < 1.29 is 0 Å². The molecule has 1 atom stereocenters. The van der Waals surface area contributed by atoms with Gasteiger partial charge in [0, 0.05) is 6.20 Å². The van der Waals surface area contributed by atoms with Crippen LogP contribution in [0.2, 0.25) is 4.47 Å². The van der Waals surface area contributed by atoms with E-state index in [1.807, 2.05) is 6.19 Å². The lowest BCUT2D eigenvalue weighted by Crippen LogP contribution is -2.27. The number of rotatable bonds is 2. The third-order valence-electron chi connectivity index (χ3n) is 1.87. The Hall–Kier alpha value is -0.770. The highest BCUT2D eigenvalue weighted by Gasteiger charge is 2.32. The van der Waals surface area contributed by atoms with Crippen LogP contribution in [0.5, 0.6) is 0 Å². The van der Waals surface area contributed by atoms with Gasteiger partial charge in [-0.25, -0.2) is 15.3 Å². The molecule has 0 spiro atoms. The Labute approximate surface area is 99.3 Å². The van der Waals surface area contributed by atoms with Gasteiger partial charge in [0.05, 0.1) is 22.3 Å². The molecule has 4 nitrogen and oxygen atoms in total. The Morgan fingerprint density at radius 2 is 2.60 bits per heavy atom. The van der Waals surface area contributed by atoms with Crippen LogP contribution < -0.4 is 5.32 Å². The maximum Gasteiger partial charge on any atom is 0.327 e. The molecule has 1 aromatic rings. The van der Waals surface area contributed by atoms with Crippen LogP contribution in [0.1, 0.15) is 4.88 Å². The molecule has 1 aliphatic rings. The van der Waals surface area contributed by atoms with E-state index < -0.39 is 0 Å². The van der Waals surface area contributed by atoms with E-state index in [9.17, 15) is 0 Å². The van der Waals surface area contributed by atoms with Crippen LogP contribution in [-0.4, -0.2) is 22.4 Å². The van der Waals surface area contributed by atoms with Crippen LogP contribution in [0.25, 0.3) is 0 Å². The number of nitrogens with zero attached hydrogens (tertiary/aromatic N) is 3. The second kappa shape index (κ2) is 4.84. The molecule has 0 aromatic carbocycles. The van der Waals surface area contributed by atoms with Crippen molar-refractivity contribution in [3.8, 4) is 6.19 Å². The average molecular weight is 260 g/mol. The topological polar surface area (TPSA) is 61.1 Å². The lowest BCUT2D eigenvalue weighted by atomic mass is 10.6. The maximum absolute atomic E-state index is 8.55. The Morgan fingerprint density at radius 1 is 1.73 bits per heavy atom. The van der Waals surface area contributed by atoms with Gasteiger partial charge in [-0.2, -0.15) is 5.26 Å². The molecule has 1 N–H and O–H groups in total. The van der Waals surface area contributed by atoms with Gasteiger partial charge < -0.3 is 0 Å². The highest BCUT2D eigenvalue weighted by atomic mass is 35.5. The highest BCUT2D eigenvalue weighted by Crippen LogP contribution is 2.22. The fourth-order valence-corrected chi connectivity index (χ4v) is 4.37. The molecule has 0 saturated carbocycles. The molecular formula is C8H8ClN4S2+. The lowest BCUT2D eigenvalue weighted by Gasteiger charge is -1.98. The Bertz CT molecular complexity index is 423. The summed E-state index contributed by atoms with van der Waals surface area (Å²) in [4.78, 5) is 9.40. The van der Waals surface area contributed by atoms with E-state index in [1.54, 1.807) is 6.20 Å². The lowest BCUT2D eigenvalue weighted by molar-refractivity contribution is 1.15. The number of hydrogen-bond acceptors (Lipinski definition) is 5. The molecule has 0 fully saturated rings.